The summed E-state index contributed by atoms with van der Waals surface area (Å²) < 4.78 is 9.10. The monoisotopic (exact) mass is 1210 g/mol. The molecule has 12 aromatic rings. The summed E-state index contributed by atoms with van der Waals surface area (Å²) in [4.78, 5) is 9.89. The maximum atomic E-state index is 6.89. The minimum absolute atomic E-state index is 0. The molecule has 7 aliphatic rings. The number of fused-ring (bicyclic) bond motifs is 4. The van der Waals surface area contributed by atoms with Gasteiger partial charge in [-0.25, -0.2) is 4.98 Å². The maximum absolute atomic E-state index is 6.89. The third-order valence-corrected chi connectivity index (χ3v) is 17.9. The van der Waals surface area contributed by atoms with Gasteiger partial charge in [-0.2, -0.15) is 18.8 Å². The summed E-state index contributed by atoms with van der Waals surface area (Å²) in [6.45, 7) is 9.07. The zero-order chi connectivity index (χ0) is 52.7. The Bertz CT molecular complexity index is 4330. The Hall–Kier alpha value is -8.76. The maximum Gasteiger partial charge on any atom is 0.135 e. The van der Waals surface area contributed by atoms with E-state index in [0.717, 1.165) is 44.7 Å². The van der Waals surface area contributed by atoms with Crippen LogP contribution in [0.15, 0.2) is 255 Å². The van der Waals surface area contributed by atoms with Crippen LogP contribution in [-0.4, -0.2) is 9.55 Å². The first-order valence-corrected chi connectivity index (χ1v) is 27.5. The van der Waals surface area contributed by atoms with Crippen LogP contribution in [0.4, 0.5) is 17.1 Å². The van der Waals surface area contributed by atoms with E-state index in [2.05, 4.69) is 291 Å². The molecule has 0 spiro atoms. The average Bonchev–Trinajstić information content (AvgIpc) is 0.865. The third kappa shape index (κ3) is 6.36. The third-order valence-electron chi connectivity index (χ3n) is 17.9. The molecule has 0 radical (unpaired) electrons. The first kappa shape index (κ1) is 48.4. The van der Waals surface area contributed by atoms with E-state index in [4.69, 9.17) is 9.72 Å². The molecular formula is C74H53N4OPt-3. The second-order valence-electron chi connectivity index (χ2n) is 22.6. The van der Waals surface area contributed by atoms with Crippen molar-refractivity contribution >= 4 is 38.9 Å². The van der Waals surface area contributed by atoms with E-state index < -0.39 is 16.4 Å². The van der Waals surface area contributed by atoms with Crippen LogP contribution in [0.3, 0.4) is 0 Å². The van der Waals surface area contributed by atoms with Crippen LogP contribution >= 0.6 is 0 Å². The SMILES string of the molecule is CC(C)(C)c1ccnc(-n2c3[c-]c(Oc4[c-]c(N5[CH-]N(C67c8ccccc8C(c8ccccc86)C6(c8ccccc8)c8ccccc8C7(c7ccccc7)c7ccccc76)c6ccccc65)ccc4)ccc3c3ccccc32)c1.[Pt]. The molecule has 0 fully saturated rings. The van der Waals surface area contributed by atoms with E-state index in [0.29, 0.717) is 11.5 Å². The van der Waals surface area contributed by atoms with Crippen LogP contribution < -0.4 is 14.5 Å². The van der Waals surface area contributed by atoms with E-state index in [-0.39, 0.29) is 32.4 Å². The first-order chi connectivity index (χ1) is 38.8. The number of pyridine rings is 1. The van der Waals surface area contributed by atoms with Crippen LogP contribution in [0.2, 0.25) is 0 Å². The van der Waals surface area contributed by atoms with Crippen LogP contribution in [0.1, 0.15) is 87.9 Å². The Morgan fingerprint density at radius 2 is 1.06 bits per heavy atom. The summed E-state index contributed by atoms with van der Waals surface area (Å²) in [5, 5.41) is 2.22. The Morgan fingerprint density at radius 1 is 0.500 bits per heavy atom. The van der Waals surface area contributed by atoms with E-state index in [1.165, 1.54) is 61.2 Å². The fourth-order valence-electron chi connectivity index (χ4n) is 15.0. The molecular weight excluding hydrogens is 1160 g/mol. The molecule has 6 aliphatic carbocycles. The van der Waals surface area contributed by atoms with Gasteiger partial charge in [-0.15, -0.1) is 41.4 Å². The minimum atomic E-state index is -0.920. The molecule has 19 rings (SSSR count). The largest absolute Gasteiger partial charge is 0.509 e. The molecule has 2 aromatic heterocycles. The summed E-state index contributed by atoms with van der Waals surface area (Å²) in [6, 6.07) is 100.0. The topological polar surface area (TPSA) is 33.5 Å². The predicted molar refractivity (Wildman–Crippen MR) is 318 cm³/mol. The molecule has 0 saturated carbocycles. The smallest absolute Gasteiger partial charge is 0.135 e. The summed E-state index contributed by atoms with van der Waals surface area (Å²) >= 11 is 0. The van der Waals surface area contributed by atoms with Gasteiger partial charge in [0, 0.05) is 61.6 Å². The van der Waals surface area contributed by atoms with Gasteiger partial charge in [0.05, 0.1) is 16.4 Å². The normalized spacial score (nSPS) is 20.0. The Kier molecular flexibility index (Phi) is 10.8. The van der Waals surface area contributed by atoms with E-state index >= 15 is 0 Å². The number of benzene rings is 10. The number of aromatic nitrogens is 2. The van der Waals surface area contributed by atoms with Crippen LogP contribution in [0.25, 0.3) is 27.6 Å². The van der Waals surface area contributed by atoms with Crippen molar-refractivity contribution in [2.75, 3.05) is 9.80 Å². The number of hydrogen-bond acceptors (Lipinski definition) is 4. The molecule has 80 heavy (non-hydrogen) atoms. The standard InChI is InChI=1S/C74H53N4O.Pt/c1-71(2,3)51-43-44-75-69(45-51)78-65-38-19-12-29-55(65)56-42-41-54(47-68(56)78)79-53-28-22-27-52(46-53)76-48-77(67-40-21-20-39-66(67)76)74-59-32-13-10-30-57(59)70(58-31-11-14-33-60(58)74)72(49-23-6-4-7-24-49)61-34-15-17-36-63(61)73(74,50-25-8-5-9-26-50)64-37-18-16-35-62(64)72;/h4-45,48,70H,1-3H3;/q-3;. The number of rotatable bonds is 7. The van der Waals surface area contributed by atoms with Gasteiger partial charge in [0.2, 0.25) is 0 Å². The number of para-hydroxylation sites is 3. The number of hydrogen-bond donors (Lipinski definition) is 0. The van der Waals surface area contributed by atoms with Gasteiger partial charge >= 0.3 is 0 Å². The molecule has 6 heteroatoms. The number of ether oxygens (including phenoxy) is 1. The van der Waals surface area contributed by atoms with Gasteiger partial charge in [-0.1, -0.05) is 214 Å². The van der Waals surface area contributed by atoms with Gasteiger partial charge < -0.3 is 19.1 Å². The van der Waals surface area contributed by atoms with Crippen molar-refractivity contribution in [3.63, 3.8) is 0 Å². The minimum Gasteiger partial charge on any atom is -0.509 e. The molecule has 5 nitrogen and oxygen atoms in total. The quantitative estimate of drug-likeness (QED) is 0.149. The Balaban J connectivity index is 0.00000552. The van der Waals surface area contributed by atoms with Crippen molar-refractivity contribution in [1.82, 2.24) is 9.55 Å². The fraction of sp³-hybridized carbons (Fsp3) is 0.108. The Labute approximate surface area is 481 Å². The second-order valence-corrected chi connectivity index (χ2v) is 22.6. The van der Waals surface area contributed by atoms with Gasteiger partial charge in [0.15, 0.2) is 0 Å². The van der Waals surface area contributed by atoms with E-state index in [1.54, 1.807) is 0 Å². The van der Waals surface area contributed by atoms with Gasteiger partial charge in [0.1, 0.15) is 5.82 Å². The molecule has 0 unspecified atom stereocenters. The fourth-order valence-corrected chi connectivity index (χ4v) is 15.0. The molecule has 10 aromatic carbocycles. The summed E-state index contributed by atoms with van der Waals surface area (Å²) in [7, 11) is 0. The van der Waals surface area contributed by atoms with Crippen molar-refractivity contribution < 1.29 is 25.8 Å². The van der Waals surface area contributed by atoms with Crippen LogP contribution in [0, 0.1) is 18.8 Å². The molecule has 0 amide bonds. The molecule has 0 N–H and O–H groups in total. The predicted octanol–water partition coefficient (Wildman–Crippen LogP) is 17.0. The molecule has 1 aliphatic heterocycles. The number of nitrogens with zero attached hydrogens (tertiary/aromatic N) is 4. The molecule has 0 atom stereocenters. The zero-order valence-electron chi connectivity index (χ0n) is 44.4. The summed E-state index contributed by atoms with van der Waals surface area (Å²) in [5.41, 5.74) is 16.7. The van der Waals surface area contributed by atoms with Crippen molar-refractivity contribution in [2.45, 2.75) is 48.5 Å². The van der Waals surface area contributed by atoms with Crippen molar-refractivity contribution in [3.8, 4) is 17.3 Å². The molecule has 388 valence electrons. The summed E-state index contributed by atoms with van der Waals surface area (Å²) in [6.07, 6.45) is 1.91. The number of anilines is 3. The van der Waals surface area contributed by atoms with E-state index in [9.17, 15) is 0 Å². The van der Waals surface area contributed by atoms with Crippen molar-refractivity contribution in [1.29, 1.82) is 0 Å². The summed E-state index contributed by atoms with van der Waals surface area (Å²) in [5.74, 6) is 1.95. The van der Waals surface area contributed by atoms with Crippen LogP contribution in [-0.2, 0) is 42.8 Å². The molecule has 4 bridgehead atoms. The van der Waals surface area contributed by atoms with Crippen molar-refractivity contribution in [2.24, 2.45) is 0 Å². The van der Waals surface area contributed by atoms with Gasteiger partial charge in [0.25, 0.3) is 0 Å². The molecule has 3 heterocycles. The van der Waals surface area contributed by atoms with Gasteiger partial charge in [-0.3, -0.25) is 0 Å². The zero-order valence-corrected chi connectivity index (χ0v) is 46.7. The van der Waals surface area contributed by atoms with Crippen molar-refractivity contribution in [3.05, 3.63) is 335 Å². The van der Waals surface area contributed by atoms with E-state index in [1.807, 2.05) is 18.3 Å². The average molecular weight is 1210 g/mol. The molecule has 0 saturated heterocycles. The first-order valence-electron chi connectivity index (χ1n) is 27.5. The van der Waals surface area contributed by atoms with Crippen LogP contribution in [0.5, 0.6) is 11.5 Å². The Morgan fingerprint density at radius 3 is 1.74 bits per heavy atom. The van der Waals surface area contributed by atoms with Gasteiger partial charge in [-0.05, 0) is 102 Å². The second kappa shape index (κ2) is 17.9.